The number of amides is 1. The minimum atomic E-state index is -4.76. The highest BCUT2D eigenvalue weighted by Gasteiger charge is 2.40. The van der Waals surface area contributed by atoms with Crippen molar-refractivity contribution in [2.75, 3.05) is 5.32 Å². The summed E-state index contributed by atoms with van der Waals surface area (Å²) in [6.45, 7) is 0. The Balaban J connectivity index is 1.58. The van der Waals surface area contributed by atoms with E-state index in [1.54, 1.807) is 24.4 Å². The summed E-state index contributed by atoms with van der Waals surface area (Å²) in [5, 5.41) is 6.48. The molecule has 0 saturated heterocycles. The summed E-state index contributed by atoms with van der Waals surface area (Å²) in [5.41, 5.74) is -0.413. The van der Waals surface area contributed by atoms with Gasteiger partial charge in [-0.2, -0.15) is 18.3 Å². The fraction of sp³-hybridized carbons (Fsp3) is 0.0952. The van der Waals surface area contributed by atoms with Gasteiger partial charge in [-0.3, -0.25) is 10.1 Å². The standard InChI is InChI=1S/C21H15F3N4OS/c22-21(23,24)18-17(13-26-28(18)15-9-5-2-6-10-15)19(29)27-20-25-12-16(30-20)11-14-7-3-1-4-8-14/h1-10,12-13H,11H2,(H,25,27,29). The van der Waals surface area contributed by atoms with E-state index in [4.69, 9.17) is 0 Å². The number of rotatable bonds is 5. The topological polar surface area (TPSA) is 59.8 Å². The number of nitrogens with one attached hydrogen (secondary N) is 1. The number of carbonyl (C=O) groups is 1. The Morgan fingerprint density at radius 2 is 1.67 bits per heavy atom. The fourth-order valence-electron chi connectivity index (χ4n) is 2.96. The summed E-state index contributed by atoms with van der Waals surface area (Å²) in [7, 11) is 0. The van der Waals surface area contributed by atoms with Crippen molar-refractivity contribution in [2.45, 2.75) is 12.6 Å². The van der Waals surface area contributed by atoms with Crippen LogP contribution in [0.1, 0.15) is 26.5 Å². The molecular weight excluding hydrogens is 413 g/mol. The van der Waals surface area contributed by atoms with Crippen LogP contribution in [-0.4, -0.2) is 20.7 Å². The van der Waals surface area contributed by atoms with Crippen molar-refractivity contribution in [3.05, 3.63) is 94.8 Å². The summed E-state index contributed by atoms with van der Waals surface area (Å²) < 4.78 is 41.9. The second-order valence-corrected chi connectivity index (χ2v) is 7.52. The smallest absolute Gasteiger partial charge is 0.298 e. The minimum Gasteiger partial charge on any atom is -0.298 e. The van der Waals surface area contributed by atoms with Crippen molar-refractivity contribution < 1.29 is 18.0 Å². The van der Waals surface area contributed by atoms with Crippen LogP contribution in [-0.2, 0) is 12.6 Å². The van der Waals surface area contributed by atoms with E-state index in [0.717, 1.165) is 21.3 Å². The van der Waals surface area contributed by atoms with Crippen molar-refractivity contribution >= 4 is 22.4 Å². The molecule has 30 heavy (non-hydrogen) atoms. The number of benzene rings is 2. The molecule has 152 valence electrons. The highest BCUT2D eigenvalue weighted by Crippen LogP contribution is 2.34. The van der Waals surface area contributed by atoms with Gasteiger partial charge < -0.3 is 0 Å². The number of thiazole rings is 1. The third-order valence-corrected chi connectivity index (χ3v) is 5.19. The number of aromatic nitrogens is 3. The first-order valence-electron chi connectivity index (χ1n) is 8.92. The molecule has 0 atom stereocenters. The molecule has 0 aliphatic rings. The summed E-state index contributed by atoms with van der Waals surface area (Å²) >= 11 is 1.22. The van der Waals surface area contributed by atoms with Gasteiger partial charge in [0.05, 0.1) is 17.4 Å². The molecule has 2 aromatic heterocycles. The van der Waals surface area contributed by atoms with Crippen LogP contribution in [0.4, 0.5) is 18.3 Å². The van der Waals surface area contributed by atoms with E-state index in [0.29, 0.717) is 6.42 Å². The molecule has 2 aromatic carbocycles. The molecule has 1 N–H and O–H groups in total. The monoisotopic (exact) mass is 428 g/mol. The zero-order chi connectivity index (χ0) is 21.1. The number of hydrogen-bond acceptors (Lipinski definition) is 4. The van der Waals surface area contributed by atoms with Gasteiger partial charge >= 0.3 is 6.18 Å². The van der Waals surface area contributed by atoms with E-state index < -0.39 is 23.3 Å². The Morgan fingerprint density at radius 3 is 2.33 bits per heavy atom. The number of alkyl halides is 3. The molecule has 4 rings (SSSR count). The van der Waals surface area contributed by atoms with Crippen molar-refractivity contribution in [3.8, 4) is 5.69 Å². The molecule has 0 aliphatic heterocycles. The average molecular weight is 428 g/mol. The molecule has 0 aliphatic carbocycles. The lowest BCUT2D eigenvalue weighted by Gasteiger charge is -2.12. The second-order valence-electron chi connectivity index (χ2n) is 6.40. The molecule has 0 radical (unpaired) electrons. The molecular formula is C21H15F3N4OS. The molecule has 9 heteroatoms. The van der Waals surface area contributed by atoms with Gasteiger partial charge in [-0.1, -0.05) is 48.5 Å². The third kappa shape index (κ3) is 4.25. The molecule has 0 bridgehead atoms. The molecule has 0 fully saturated rings. The van der Waals surface area contributed by atoms with Crippen LogP contribution in [0.2, 0.25) is 0 Å². The number of para-hydroxylation sites is 1. The normalized spacial score (nSPS) is 11.4. The molecule has 2 heterocycles. The van der Waals surface area contributed by atoms with Crippen LogP contribution in [0.15, 0.2) is 73.1 Å². The lowest BCUT2D eigenvalue weighted by atomic mass is 10.1. The van der Waals surface area contributed by atoms with Gasteiger partial charge in [0.25, 0.3) is 5.91 Å². The Kier molecular flexibility index (Phi) is 5.37. The number of nitrogens with zero attached hydrogens (tertiary/aromatic N) is 3. The first kappa shape index (κ1) is 19.8. The lowest BCUT2D eigenvalue weighted by Crippen LogP contribution is -2.20. The number of hydrogen-bond donors (Lipinski definition) is 1. The number of halogens is 3. The molecule has 0 saturated carbocycles. The number of anilines is 1. The first-order valence-corrected chi connectivity index (χ1v) is 9.74. The van der Waals surface area contributed by atoms with E-state index in [-0.39, 0.29) is 10.8 Å². The van der Waals surface area contributed by atoms with Crippen LogP contribution < -0.4 is 5.32 Å². The highest BCUT2D eigenvalue weighted by molar-refractivity contribution is 7.15. The second kappa shape index (κ2) is 8.11. The minimum absolute atomic E-state index is 0.211. The van der Waals surface area contributed by atoms with Gasteiger partial charge in [-0.15, -0.1) is 11.3 Å². The van der Waals surface area contributed by atoms with Gasteiger partial charge in [-0.25, -0.2) is 9.67 Å². The van der Waals surface area contributed by atoms with Gasteiger partial charge in [0.15, 0.2) is 10.8 Å². The van der Waals surface area contributed by atoms with Crippen LogP contribution in [0.3, 0.4) is 0 Å². The van der Waals surface area contributed by atoms with Crippen LogP contribution in [0.25, 0.3) is 5.69 Å². The molecule has 0 spiro atoms. The highest BCUT2D eigenvalue weighted by atomic mass is 32.1. The van der Waals surface area contributed by atoms with E-state index in [1.807, 2.05) is 30.3 Å². The lowest BCUT2D eigenvalue weighted by molar-refractivity contribution is -0.143. The quantitative estimate of drug-likeness (QED) is 0.476. The predicted octanol–water partition coefficient (Wildman–Crippen LogP) is 5.19. The average Bonchev–Trinajstić information content (AvgIpc) is 3.36. The van der Waals surface area contributed by atoms with Crippen LogP contribution in [0.5, 0.6) is 0 Å². The largest absolute Gasteiger partial charge is 0.434 e. The maximum absolute atomic E-state index is 13.7. The third-order valence-electron chi connectivity index (χ3n) is 4.28. The molecule has 4 aromatic rings. The maximum atomic E-state index is 13.7. The Morgan fingerprint density at radius 1 is 1.00 bits per heavy atom. The zero-order valence-electron chi connectivity index (χ0n) is 15.4. The van der Waals surface area contributed by atoms with Gasteiger partial charge in [0.2, 0.25) is 0 Å². The molecule has 5 nitrogen and oxygen atoms in total. The van der Waals surface area contributed by atoms with Gasteiger partial charge in [0.1, 0.15) is 0 Å². The van der Waals surface area contributed by atoms with E-state index in [9.17, 15) is 18.0 Å². The van der Waals surface area contributed by atoms with E-state index in [2.05, 4.69) is 15.4 Å². The van der Waals surface area contributed by atoms with Crippen molar-refractivity contribution in [1.29, 1.82) is 0 Å². The SMILES string of the molecule is O=C(Nc1ncc(Cc2ccccc2)s1)c1cnn(-c2ccccc2)c1C(F)(F)F. The van der Waals surface area contributed by atoms with Crippen molar-refractivity contribution in [3.63, 3.8) is 0 Å². The Hall–Kier alpha value is -3.46. The summed E-state index contributed by atoms with van der Waals surface area (Å²) in [6.07, 6.45) is -1.62. The van der Waals surface area contributed by atoms with E-state index >= 15 is 0 Å². The Bertz CT molecular complexity index is 1150. The first-order chi connectivity index (χ1) is 14.4. The Labute approximate surface area is 173 Å². The molecule has 0 unspecified atom stereocenters. The van der Waals surface area contributed by atoms with Gasteiger partial charge in [-0.05, 0) is 17.7 Å². The van der Waals surface area contributed by atoms with Crippen molar-refractivity contribution in [2.24, 2.45) is 0 Å². The summed E-state index contributed by atoms with van der Waals surface area (Å²) in [6, 6.07) is 17.5. The van der Waals surface area contributed by atoms with Crippen LogP contribution >= 0.6 is 11.3 Å². The summed E-state index contributed by atoms with van der Waals surface area (Å²) in [4.78, 5) is 17.6. The maximum Gasteiger partial charge on any atom is 0.434 e. The number of carbonyl (C=O) groups excluding carboxylic acids is 1. The van der Waals surface area contributed by atoms with E-state index in [1.165, 1.54) is 23.5 Å². The van der Waals surface area contributed by atoms with Crippen LogP contribution in [0, 0.1) is 0 Å². The van der Waals surface area contributed by atoms with Crippen molar-refractivity contribution in [1.82, 2.24) is 14.8 Å². The zero-order valence-corrected chi connectivity index (χ0v) is 16.2. The fourth-order valence-corrected chi connectivity index (χ4v) is 3.80. The summed E-state index contributed by atoms with van der Waals surface area (Å²) in [5.74, 6) is -0.912. The predicted molar refractivity (Wildman–Crippen MR) is 108 cm³/mol. The van der Waals surface area contributed by atoms with Gasteiger partial charge in [0, 0.05) is 17.5 Å². The molecule has 1 amide bonds.